The number of esters is 1. The number of aldehydes is 1. The van der Waals surface area contributed by atoms with Crippen LogP contribution in [0, 0.1) is 0 Å². The lowest BCUT2D eigenvalue weighted by Gasteiger charge is -1.97. The number of nitrogens with zero attached hydrogens (tertiary/aromatic N) is 1. The molecule has 0 fully saturated rings. The average Bonchev–Trinajstić information content (AvgIpc) is 2.26. The molecule has 14 heavy (non-hydrogen) atoms. The molecule has 0 atom stereocenters. The van der Waals surface area contributed by atoms with E-state index in [4.69, 9.17) is 0 Å². The molecule has 0 saturated heterocycles. The number of aromatic nitrogens is 1. The summed E-state index contributed by atoms with van der Waals surface area (Å²) in [7, 11) is 1.31. The van der Waals surface area contributed by atoms with Gasteiger partial charge in [0.05, 0.1) is 18.4 Å². The van der Waals surface area contributed by atoms with Gasteiger partial charge in [-0.1, -0.05) is 0 Å². The number of carbonyl (C=O) groups excluding carboxylic acids is 2. The molecule has 0 aliphatic rings. The molecule has 0 spiro atoms. The molecule has 1 aromatic rings. The second-order valence-corrected chi connectivity index (χ2v) is 2.46. The second kappa shape index (κ2) is 4.91. The van der Waals surface area contributed by atoms with Gasteiger partial charge in [-0.25, -0.2) is 4.79 Å². The maximum atomic E-state index is 11.0. The number of allylic oxidation sites excluding steroid dienone is 1. The summed E-state index contributed by atoms with van der Waals surface area (Å²) >= 11 is 0. The molecule has 0 saturated carbocycles. The van der Waals surface area contributed by atoms with E-state index in [1.54, 1.807) is 18.2 Å². The molecule has 72 valence electrons. The van der Waals surface area contributed by atoms with E-state index in [9.17, 15) is 9.59 Å². The molecular formula is C10H9NO3. The van der Waals surface area contributed by atoms with E-state index in [1.807, 2.05) is 0 Å². The highest BCUT2D eigenvalue weighted by Gasteiger charge is 2.03. The topological polar surface area (TPSA) is 56.3 Å². The minimum Gasteiger partial charge on any atom is -0.465 e. The van der Waals surface area contributed by atoms with Crippen LogP contribution in [-0.4, -0.2) is 24.3 Å². The van der Waals surface area contributed by atoms with E-state index in [1.165, 1.54) is 19.4 Å². The van der Waals surface area contributed by atoms with Crippen molar-refractivity contribution in [3.63, 3.8) is 0 Å². The van der Waals surface area contributed by atoms with Crippen LogP contribution in [0.4, 0.5) is 0 Å². The number of pyridine rings is 1. The van der Waals surface area contributed by atoms with Gasteiger partial charge in [0.1, 0.15) is 6.29 Å². The Morgan fingerprint density at radius 1 is 1.50 bits per heavy atom. The number of rotatable bonds is 3. The van der Waals surface area contributed by atoms with Crippen molar-refractivity contribution in [1.82, 2.24) is 4.98 Å². The highest BCUT2D eigenvalue weighted by Crippen LogP contribution is 2.02. The van der Waals surface area contributed by atoms with Crippen LogP contribution in [0.25, 0.3) is 6.08 Å². The monoisotopic (exact) mass is 191 g/mol. The van der Waals surface area contributed by atoms with Gasteiger partial charge >= 0.3 is 5.97 Å². The Balaban J connectivity index is 2.83. The largest absolute Gasteiger partial charge is 0.465 e. The van der Waals surface area contributed by atoms with Crippen molar-refractivity contribution in [2.24, 2.45) is 0 Å². The molecule has 0 aliphatic heterocycles. The zero-order valence-corrected chi connectivity index (χ0v) is 7.64. The highest BCUT2D eigenvalue weighted by molar-refractivity contribution is 5.89. The van der Waals surface area contributed by atoms with Crippen molar-refractivity contribution in [3.05, 3.63) is 35.7 Å². The molecule has 4 heteroatoms. The van der Waals surface area contributed by atoms with Crippen LogP contribution >= 0.6 is 0 Å². The molecule has 0 amide bonds. The summed E-state index contributed by atoms with van der Waals surface area (Å²) in [5, 5.41) is 0. The fourth-order valence-corrected chi connectivity index (χ4v) is 0.880. The number of carbonyl (C=O) groups is 2. The van der Waals surface area contributed by atoms with Crippen molar-refractivity contribution in [3.8, 4) is 0 Å². The summed E-state index contributed by atoms with van der Waals surface area (Å²) < 4.78 is 4.50. The maximum Gasteiger partial charge on any atom is 0.339 e. The lowest BCUT2D eigenvalue weighted by molar-refractivity contribution is -0.104. The molecule has 0 aliphatic carbocycles. The van der Waals surface area contributed by atoms with Crippen LogP contribution < -0.4 is 0 Å². The summed E-state index contributed by atoms with van der Waals surface area (Å²) in [6, 6.07) is 3.22. The van der Waals surface area contributed by atoms with E-state index in [0.29, 0.717) is 17.5 Å². The number of hydrogen-bond donors (Lipinski definition) is 0. The SMILES string of the molecule is COC(=O)c1ccc(C=CC=O)nc1. The first-order chi connectivity index (χ1) is 6.77. The Morgan fingerprint density at radius 3 is 2.79 bits per heavy atom. The minimum absolute atomic E-state index is 0.385. The van der Waals surface area contributed by atoms with Gasteiger partial charge < -0.3 is 4.74 Å². The van der Waals surface area contributed by atoms with Crippen molar-refractivity contribution in [1.29, 1.82) is 0 Å². The average molecular weight is 191 g/mol. The van der Waals surface area contributed by atoms with Crippen LogP contribution in [0.15, 0.2) is 24.4 Å². The molecule has 0 unspecified atom stereocenters. The van der Waals surface area contributed by atoms with E-state index in [-0.39, 0.29) is 0 Å². The van der Waals surface area contributed by atoms with E-state index in [2.05, 4.69) is 9.72 Å². The molecule has 0 aromatic carbocycles. The molecule has 0 radical (unpaired) electrons. The van der Waals surface area contributed by atoms with Gasteiger partial charge in [-0.15, -0.1) is 0 Å². The Hall–Kier alpha value is -1.97. The third-order valence-corrected chi connectivity index (χ3v) is 1.55. The number of ether oxygens (including phenoxy) is 1. The third kappa shape index (κ3) is 2.52. The molecule has 4 nitrogen and oxygen atoms in total. The first-order valence-corrected chi connectivity index (χ1v) is 3.94. The molecule has 0 bridgehead atoms. The van der Waals surface area contributed by atoms with Gasteiger partial charge in [0.15, 0.2) is 0 Å². The van der Waals surface area contributed by atoms with E-state index >= 15 is 0 Å². The fraction of sp³-hybridized carbons (Fsp3) is 0.100. The van der Waals surface area contributed by atoms with Crippen molar-refractivity contribution in [2.75, 3.05) is 7.11 Å². The van der Waals surface area contributed by atoms with Crippen LogP contribution in [0.3, 0.4) is 0 Å². The zero-order valence-electron chi connectivity index (χ0n) is 7.64. The van der Waals surface area contributed by atoms with Gasteiger partial charge in [-0.2, -0.15) is 0 Å². The highest BCUT2D eigenvalue weighted by atomic mass is 16.5. The fourth-order valence-electron chi connectivity index (χ4n) is 0.880. The predicted octanol–water partition coefficient (Wildman–Crippen LogP) is 1.08. The summed E-state index contributed by atoms with van der Waals surface area (Å²) in [4.78, 5) is 25.0. The second-order valence-electron chi connectivity index (χ2n) is 2.46. The lowest BCUT2D eigenvalue weighted by Crippen LogP contribution is -2.01. The van der Waals surface area contributed by atoms with Gasteiger partial charge in [0.2, 0.25) is 0 Å². The van der Waals surface area contributed by atoms with Crippen LogP contribution in [-0.2, 0) is 9.53 Å². The summed E-state index contributed by atoms with van der Waals surface area (Å²) in [5.74, 6) is -0.427. The summed E-state index contributed by atoms with van der Waals surface area (Å²) in [5.41, 5.74) is 1.00. The van der Waals surface area contributed by atoms with Gasteiger partial charge in [0, 0.05) is 6.20 Å². The van der Waals surface area contributed by atoms with E-state index < -0.39 is 5.97 Å². The minimum atomic E-state index is -0.427. The van der Waals surface area contributed by atoms with Crippen LogP contribution in [0.1, 0.15) is 16.1 Å². The van der Waals surface area contributed by atoms with Crippen molar-refractivity contribution >= 4 is 18.3 Å². The third-order valence-electron chi connectivity index (χ3n) is 1.55. The molecular weight excluding hydrogens is 182 g/mol. The smallest absolute Gasteiger partial charge is 0.339 e. The van der Waals surface area contributed by atoms with E-state index in [0.717, 1.165) is 0 Å². The standard InChI is InChI=1S/C10H9NO3/c1-14-10(13)8-4-5-9(11-7-8)3-2-6-12/h2-7H,1H3. The number of methoxy groups -OCH3 is 1. The normalized spacial score (nSPS) is 10.1. The van der Waals surface area contributed by atoms with Crippen LogP contribution in [0.5, 0.6) is 0 Å². The Labute approximate surface area is 81.2 Å². The molecule has 1 heterocycles. The zero-order chi connectivity index (χ0) is 10.4. The maximum absolute atomic E-state index is 11.0. The Bertz CT molecular complexity index is 354. The molecule has 1 aromatic heterocycles. The molecule has 1 rings (SSSR count). The first kappa shape index (κ1) is 10.1. The van der Waals surface area contributed by atoms with Crippen molar-refractivity contribution in [2.45, 2.75) is 0 Å². The Kier molecular flexibility index (Phi) is 3.55. The lowest BCUT2D eigenvalue weighted by atomic mass is 10.2. The summed E-state index contributed by atoms with van der Waals surface area (Å²) in [6.45, 7) is 0. The number of hydrogen-bond acceptors (Lipinski definition) is 4. The van der Waals surface area contributed by atoms with Gasteiger partial charge in [-0.3, -0.25) is 9.78 Å². The Morgan fingerprint density at radius 2 is 2.29 bits per heavy atom. The predicted molar refractivity (Wildman–Crippen MR) is 50.7 cm³/mol. The van der Waals surface area contributed by atoms with Crippen molar-refractivity contribution < 1.29 is 14.3 Å². The van der Waals surface area contributed by atoms with Gasteiger partial charge in [0.25, 0.3) is 0 Å². The van der Waals surface area contributed by atoms with Crippen LogP contribution in [0.2, 0.25) is 0 Å². The molecule has 0 N–H and O–H groups in total. The quantitative estimate of drug-likeness (QED) is 0.407. The van der Waals surface area contributed by atoms with Gasteiger partial charge in [-0.05, 0) is 24.3 Å². The summed E-state index contributed by atoms with van der Waals surface area (Å²) in [6.07, 6.45) is 4.94. The first-order valence-electron chi connectivity index (χ1n) is 3.94.